The van der Waals surface area contributed by atoms with E-state index in [1.165, 1.54) is 13.8 Å². The van der Waals surface area contributed by atoms with Crippen LogP contribution >= 0.6 is 11.6 Å². The van der Waals surface area contributed by atoms with Crippen molar-refractivity contribution in [1.82, 2.24) is 18.9 Å². The molecule has 3 rings (SSSR count). The summed E-state index contributed by atoms with van der Waals surface area (Å²) in [6, 6.07) is 7.15. The van der Waals surface area contributed by atoms with Crippen LogP contribution in [0.3, 0.4) is 0 Å². The first-order valence-corrected chi connectivity index (χ1v) is 10.0. The molecule has 8 nitrogen and oxygen atoms in total. The van der Waals surface area contributed by atoms with Crippen molar-refractivity contribution in [2.24, 2.45) is 0 Å². The molecular formula is C20H24ClN5O3. The van der Waals surface area contributed by atoms with Crippen molar-refractivity contribution in [1.29, 1.82) is 0 Å². The SMILES string of the molecule is CCCC(=O)n1nc2c(c1NC)c(=O)n(CCC)c(=O)n2Cc1cccc(Cl)c1. The maximum Gasteiger partial charge on any atom is 0.333 e. The van der Waals surface area contributed by atoms with Gasteiger partial charge in [0.25, 0.3) is 5.56 Å². The highest BCUT2D eigenvalue weighted by molar-refractivity contribution is 6.30. The first kappa shape index (κ1) is 20.9. The molecule has 1 N–H and O–H groups in total. The van der Waals surface area contributed by atoms with Crippen LogP contribution in [0.25, 0.3) is 11.0 Å². The predicted molar refractivity (Wildman–Crippen MR) is 114 cm³/mol. The molecule has 3 aromatic rings. The van der Waals surface area contributed by atoms with E-state index in [9.17, 15) is 14.4 Å². The van der Waals surface area contributed by atoms with Gasteiger partial charge in [0.2, 0.25) is 5.91 Å². The molecule has 0 aliphatic rings. The van der Waals surface area contributed by atoms with E-state index in [1.807, 2.05) is 19.9 Å². The summed E-state index contributed by atoms with van der Waals surface area (Å²) in [6.07, 6.45) is 1.55. The van der Waals surface area contributed by atoms with Gasteiger partial charge < -0.3 is 5.32 Å². The summed E-state index contributed by atoms with van der Waals surface area (Å²) in [4.78, 5) is 38.8. The molecule has 0 bridgehead atoms. The maximum atomic E-state index is 13.1. The Hall–Kier alpha value is -2.87. The van der Waals surface area contributed by atoms with Crippen LogP contribution < -0.4 is 16.6 Å². The highest BCUT2D eigenvalue weighted by atomic mass is 35.5. The zero-order valence-corrected chi connectivity index (χ0v) is 17.5. The number of anilines is 1. The topological polar surface area (TPSA) is 90.9 Å². The van der Waals surface area contributed by atoms with Gasteiger partial charge in [0.05, 0.1) is 6.54 Å². The molecular weight excluding hydrogens is 394 g/mol. The number of fused-ring (bicyclic) bond motifs is 1. The Morgan fingerprint density at radius 1 is 1.17 bits per heavy atom. The number of hydrogen-bond acceptors (Lipinski definition) is 5. The molecule has 0 atom stereocenters. The molecule has 2 heterocycles. The highest BCUT2D eigenvalue weighted by Gasteiger charge is 2.24. The minimum absolute atomic E-state index is 0.182. The Balaban J connectivity index is 2.35. The van der Waals surface area contributed by atoms with Gasteiger partial charge in [-0.15, -0.1) is 5.10 Å². The van der Waals surface area contributed by atoms with E-state index in [1.54, 1.807) is 25.2 Å². The van der Waals surface area contributed by atoms with E-state index in [-0.39, 0.29) is 36.5 Å². The Kier molecular flexibility index (Phi) is 6.22. The average molecular weight is 418 g/mol. The molecule has 0 aliphatic carbocycles. The summed E-state index contributed by atoms with van der Waals surface area (Å²) in [5.41, 5.74) is 0.0674. The predicted octanol–water partition coefficient (Wildman–Crippen LogP) is 2.95. The third-order valence-electron chi connectivity index (χ3n) is 4.66. The molecule has 154 valence electrons. The summed E-state index contributed by atoms with van der Waals surface area (Å²) < 4.78 is 3.82. The Labute approximate surface area is 172 Å². The van der Waals surface area contributed by atoms with Gasteiger partial charge >= 0.3 is 5.69 Å². The third-order valence-corrected chi connectivity index (χ3v) is 4.89. The minimum Gasteiger partial charge on any atom is -0.372 e. The van der Waals surface area contributed by atoms with Crippen LogP contribution in [0.15, 0.2) is 33.9 Å². The fourth-order valence-electron chi connectivity index (χ4n) is 3.36. The lowest BCUT2D eigenvalue weighted by molar-refractivity contribution is 0.0889. The van der Waals surface area contributed by atoms with E-state index < -0.39 is 11.2 Å². The average Bonchev–Trinajstić information content (AvgIpc) is 3.08. The summed E-state index contributed by atoms with van der Waals surface area (Å²) in [5.74, 6) is 0.0596. The van der Waals surface area contributed by atoms with Crippen molar-refractivity contribution < 1.29 is 4.79 Å². The number of carbonyl (C=O) groups is 1. The molecule has 29 heavy (non-hydrogen) atoms. The maximum absolute atomic E-state index is 13.1. The Bertz CT molecular complexity index is 1180. The Morgan fingerprint density at radius 2 is 1.93 bits per heavy atom. The van der Waals surface area contributed by atoms with Crippen LogP contribution in [0.4, 0.5) is 5.82 Å². The summed E-state index contributed by atoms with van der Waals surface area (Å²) in [7, 11) is 1.63. The molecule has 0 saturated heterocycles. The second-order valence-corrected chi connectivity index (χ2v) is 7.24. The number of rotatable bonds is 7. The lowest BCUT2D eigenvalue weighted by Gasteiger charge is -2.11. The molecule has 0 spiro atoms. The number of aromatic nitrogens is 4. The van der Waals surface area contributed by atoms with Crippen LogP contribution in [0.1, 0.15) is 43.5 Å². The second-order valence-electron chi connectivity index (χ2n) is 6.81. The molecule has 0 saturated carbocycles. The van der Waals surface area contributed by atoms with Gasteiger partial charge in [-0.3, -0.25) is 18.7 Å². The largest absolute Gasteiger partial charge is 0.372 e. The molecule has 2 aromatic heterocycles. The zero-order chi connectivity index (χ0) is 21.1. The number of halogens is 1. The van der Waals surface area contributed by atoms with Gasteiger partial charge in [0, 0.05) is 25.0 Å². The minimum atomic E-state index is -0.459. The Morgan fingerprint density at radius 3 is 2.55 bits per heavy atom. The van der Waals surface area contributed by atoms with Crippen LogP contribution in [0.5, 0.6) is 0 Å². The van der Waals surface area contributed by atoms with E-state index >= 15 is 0 Å². The fourth-order valence-corrected chi connectivity index (χ4v) is 3.58. The van der Waals surface area contributed by atoms with Gasteiger partial charge in [0.1, 0.15) is 11.2 Å². The summed E-state index contributed by atoms with van der Waals surface area (Å²) in [6.45, 7) is 4.25. The molecule has 9 heteroatoms. The molecule has 0 unspecified atom stereocenters. The fraction of sp³-hybridized carbons (Fsp3) is 0.400. The quantitative estimate of drug-likeness (QED) is 0.638. The van der Waals surface area contributed by atoms with Crippen molar-refractivity contribution in [3.8, 4) is 0 Å². The van der Waals surface area contributed by atoms with Gasteiger partial charge in [-0.1, -0.05) is 37.6 Å². The van der Waals surface area contributed by atoms with Gasteiger partial charge in [0.15, 0.2) is 5.65 Å². The van der Waals surface area contributed by atoms with Gasteiger partial charge in [-0.05, 0) is 30.5 Å². The molecule has 0 aliphatic heterocycles. The molecule has 0 amide bonds. The van der Waals surface area contributed by atoms with Crippen LogP contribution in [0, 0.1) is 0 Å². The molecule has 0 fully saturated rings. The summed E-state index contributed by atoms with van der Waals surface area (Å²) >= 11 is 6.09. The lowest BCUT2D eigenvalue weighted by Crippen LogP contribution is -2.40. The first-order valence-electron chi connectivity index (χ1n) is 9.64. The van der Waals surface area contributed by atoms with Crippen LogP contribution in [-0.4, -0.2) is 31.9 Å². The standard InChI is InChI=1S/C20H24ClN5O3/c1-4-7-15(27)26-17(22-3)16-18(23-26)25(12-13-8-6-9-14(21)11-13)20(29)24(10-5-2)19(16)28/h6,8-9,11,22H,4-5,7,10,12H2,1-3H3. The number of hydrogen-bond donors (Lipinski definition) is 1. The third kappa shape index (κ3) is 3.85. The number of carbonyl (C=O) groups excluding carboxylic acids is 1. The van der Waals surface area contributed by atoms with E-state index in [2.05, 4.69) is 10.4 Å². The van der Waals surface area contributed by atoms with E-state index in [0.717, 1.165) is 5.56 Å². The smallest absolute Gasteiger partial charge is 0.333 e. The molecule has 0 radical (unpaired) electrons. The van der Waals surface area contributed by atoms with E-state index in [4.69, 9.17) is 11.6 Å². The first-order chi connectivity index (χ1) is 13.9. The highest BCUT2D eigenvalue weighted by Crippen LogP contribution is 2.21. The van der Waals surface area contributed by atoms with E-state index in [0.29, 0.717) is 23.7 Å². The number of benzene rings is 1. The van der Waals surface area contributed by atoms with Gasteiger partial charge in [-0.25, -0.2) is 4.79 Å². The number of nitrogens with zero attached hydrogens (tertiary/aromatic N) is 4. The second kappa shape index (κ2) is 8.65. The molecule has 1 aromatic carbocycles. The van der Waals surface area contributed by atoms with Crippen molar-refractivity contribution in [3.63, 3.8) is 0 Å². The van der Waals surface area contributed by atoms with Crippen LogP contribution in [-0.2, 0) is 13.1 Å². The number of nitrogens with one attached hydrogen (secondary N) is 1. The normalized spacial score (nSPS) is 11.2. The van der Waals surface area contributed by atoms with Crippen molar-refractivity contribution in [3.05, 3.63) is 55.7 Å². The zero-order valence-electron chi connectivity index (χ0n) is 16.7. The van der Waals surface area contributed by atoms with Crippen molar-refractivity contribution >= 4 is 34.4 Å². The summed E-state index contributed by atoms with van der Waals surface area (Å²) in [5, 5.41) is 8.06. The van der Waals surface area contributed by atoms with Crippen molar-refractivity contribution in [2.75, 3.05) is 12.4 Å². The monoisotopic (exact) mass is 417 g/mol. The van der Waals surface area contributed by atoms with Crippen molar-refractivity contribution in [2.45, 2.75) is 46.2 Å². The van der Waals surface area contributed by atoms with Gasteiger partial charge in [-0.2, -0.15) is 4.68 Å². The van der Waals surface area contributed by atoms with Crippen LogP contribution in [0.2, 0.25) is 5.02 Å². The lowest BCUT2D eigenvalue weighted by atomic mass is 10.2.